The number of hydrogen-bond donors (Lipinski definition) is 0. The van der Waals surface area contributed by atoms with E-state index < -0.39 is 0 Å². The Labute approximate surface area is 105 Å². The normalized spacial score (nSPS) is 11.1. The Kier molecular flexibility index (Phi) is 4.96. The maximum absolute atomic E-state index is 6.01. The molecule has 0 aliphatic rings. The molecule has 0 aliphatic heterocycles. The van der Waals surface area contributed by atoms with E-state index in [2.05, 4.69) is 15.0 Å². The van der Waals surface area contributed by atoms with Gasteiger partial charge in [0.15, 0.2) is 0 Å². The van der Waals surface area contributed by atoms with Gasteiger partial charge in [-0.25, -0.2) is 4.99 Å². The van der Waals surface area contributed by atoms with Crippen LogP contribution in [0, 0.1) is 0 Å². The molecular weight excluding hydrogens is 247 g/mol. The summed E-state index contributed by atoms with van der Waals surface area (Å²) in [5.74, 6) is 0.281. The van der Waals surface area contributed by atoms with Gasteiger partial charge in [-0.3, -0.25) is 0 Å². The van der Waals surface area contributed by atoms with Crippen LogP contribution < -0.4 is 0 Å². The van der Waals surface area contributed by atoms with E-state index in [4.69, 9.17) is 23.2 Å². The molecule has 88 valence electrons. The predicted molar refractivity (Wildman–Crippen MR) is 67.9 cm³/mol. The third-order valence-electron chi connectivity index (χ3n) is 1.80. The van der Waals surface area contributed by atoms with Gasteiger partial charge in [0.2, 0.25) is 0 Å². The number of halogens is 2. The number of aromatic nitrogens is 2. The lowest BCUT2D eigenvalue weighted by Crippen LogP contribution is -2.07. The lowest BCUT2D eigenvalue weighted by atomic mass is 10.2. The van der Waals surface area contributed by atoms with Crippen LogP contribution in [0.3, 0.4) is 0 Å². The summed E-state index contributed by atoms with van der Waals surface area (Å²) in [5, 5.41) is 0.764. The van der Waals surface area contributed by atoms with Crippen molar-refractivity contribution in [2.24, 2.45) is 4.99 Å². The predicted octanol–water partition coefficient (Wildman–Crippen LogP) is 2.96. The van der Waals surface area contributed by atoms with Crippen LogP contribution in [0.25, 0.3) is 0 Å². The van der Waals surface area contributed by atoms with Crippen LogP contribution in [-0.2, 0) is 6.42 Å². The zero-order valence-corrected chi connectivity index (χ0v) is 11.0. The van der Waals surface area contributed by atoms with E-state index in [1.54, 1.807) is 11.2 Å². The fourth-order valence-corrected chi connectivity index (χ4v) is 1.67. The first-order chi connectivity index (χ1) is 7.54. The first-order valence-corrected chi connectivity index (χ1v) is 5.72. The minimum atomic E-state index is 0.281. The summed E-state index contributed by atoms with van der Waals surface area (Å²) in [6.45, 7) is 2.05. The van der Waals surface area contributed by atoms with Gasteiger partial charge in [0.1, 0.15) is 10.3 Å². The van der Waals surface area contributed by atoms with E-state index in [0.717, 1.165) is 18.4 Å². The highest BCUT2D eigenvalue weighted by Gasteiger charge is 2.09. The highest BCUT2D eigenvalue weighted by Crippen LogP contribution is 2.24. The molecule has 0 radical (unpaired) electrons. The third kappa shape index (κ3) is 3.61. The Morgan fingerprint density at radius 1 is 1.25 bits per heavy atom. The molecule has 0 aromatic carbocycles. The summed E-state index contributed by atoms with van der Waals surface area (Å²) in [7, 11) is 3.72. The minimum Gasteiger partial charge on any atom is -0.369 e. The summed E-state index contributed by atoms with van der Waals surface area (Å²) in [6.07, 6.45) is 3.32. The largest absolute Gasteiger partial charge is 0.369 e. The Morgan fingerprint density at radius 3 is 2.25 bits per heavy atom. The van der Waals surface area contributed by atoms with Gasteiger partial charge in [0.25, 0.3) is 5.95 Å². The highest BCUT2D eigenvalue weighted by atomic mass is 35.5. The molecule has 0 bridgehead atoms. The summed E-state index contributed by atoms with van der Waals surface area (Å²) in [6, 6.07) is 0. The van der Waals surface area contributed by atoms with Crippen molar-refractivity contribution >= 4 is 35.5 Å². The van der Waals surface area contributed by atoms with Crippen LogP contribution in [0.15, 0.2) is 4.99 Å². The summed E-state index contributed by atoms with van der Waals surface area (Å²) >= 11 is 12.0. The summed E-state index contributed by atoms with van der Waals surface area (Å²) in [5.41, 5.74) is 0.787. The number of hydrogen-bond acceptors (Lipinski definition) is 3. The quantitative estimate of drug-likeness (QED) is 0.475. The molecule has 1 aromatic heterocycles. The molecule has 0 N–H and O–H groups in total. The van der Waals surface area contributed by atoms with Crippen LogP contribution >= 0.6 is 23.2 Å². The molecule has 6 heteroatoms. The molecular formula is C10H14Cl2N4. The van der Waals surface area contributed by atoms with Crippen LogP contribution in [0.2, 0.25) is 10.3 Å². The van der Waals surface area contributed by atoms with Gasteiger partial charge in [-0.05, 0) is 6.42 Å². The molecule has 16 heavy (non-hydrogen) atoms. The smallest absolute Gasteiger partial charge is 0.253 e. The first-order valence-electron chi connectivity index (χ1n) is 4.97. The zero-order chi connectivity index (χ0) is 12.1. The summed E-state index contributed by atoms with van der Waals surface area (Å²) in [4.78, 5) is 14.0. The minimum absolute atomic E-state index is 0.281. The van der Waals surface area contributed by atoms with E-state index in [1.165, 1.54) is 0 Å². The maximum Gasteiger partial charge on any atom is 0.253 e. The second kappa shape index (κ2) is 6.01. The van der Waals surface area contributed by atoms with Crippen LogP contribution in [0.5, 0.6) is 0 Å². The molecule has 0 unspecified atom stereocenters. The summed E-state index contributed by atoms with van der Waals surface area (Å²) < 4.78 is 0. The van der Waals surface area contributed by atoms with Crippen molar-refractivity contribution in [1.82, 2.24) is 14.9 Å². The van der Waals surface area contributed by atoms with Gasteiger partial charge in [-0.15, -0.1) is 0 Å². The van der Waals surface area contributed by atoms with Gasteiger partial charge >= 0.3 is 0 Å². The van der Waals surface area contributed by atoms with Crippen molar-refractivity contribution in [2.45, 2.75) is 19.8 Å². The number of nitrogens with zero attached hydrogens (tertiary/aromatic N) is 4. The fraction of sp³-hybridized carbons (Fsp3) is 0.500. The van der Waals surface area contributed by atoms with Gasteiger partial charge in [0.05, 0.1) is 6.34 Å². The van der Waals surface area contributed by atoms with Crippen LogP contribution in [-0.4, -0.2) is 35.3 Å². The van der Waals surface area contributed by atoms with Crippen molar-refractivity contribution in [3.05, 3.63) is 15.9 Å². The van der Waals surface area contributed by atoms with Gasteiger partial charge < -0.3 is 4.90 Å². The molecule has 0 saturated carbocycles. The average Bonchev–Trinajstić information content (AvgIpc) is 2.20. The SMILES string of the molecule is CCCc1c(Cl)nc(N=CN(C)C)nc1Cl. The fourth-order valence-electron chi connectivity index (χ4n) is 1.10. The van der Waals surface area contributed by atoms with E-state index in [1.807, 2.05) is 21.0 Å². The molecule has 0 spiro atoms. The Hall–Kier alpha value is -0.870. The van der Waals surface area contributed by atoms with Crippen molar-refractivity contribution in [1.29, 1.82) is 0 Å². The van der Waals surface area contributed by atoms with E-state index in [0.29, 0.717) is 10.3 Å². The van der Waals surface area contributed by atoms with Gasteiger partial charge in [-0.2, -0.15) is 9.97 Å². The highest BCUT2D eigenvalue weighted by molar-refractivity contribution is 6.34. The monoisotopic (exact) mass is 260 g/mol. The zero-order valence-electron chi connectivity index (χ0n) is 9.54. The van der Waals surface area contributed by atoms with E-state index in [-0.39, 0.29) is 5.95 Å². The Balaban J connectivity index is 3.00. The van der Waals surface area contributed by atoms with Crippen molar-refractivity contribution in [3.8, 4) is 0 Å². The van der Waals surface area contributed by atoms with Crippen molar-refractivity contribution < 1.29 is 0 Å². The van der Waals surface area contributed by atoms with E-state index >= 15 is 0 Å². The second-order valence-corrected chi connectivity index (χ2v) is 4.26. The molecule has 0 fully saturated rings. The van der Waals surface area contributed by atoms with Crippen molar-refractivity contribution in [3.63, 3.8) is 0 Å². The maximum atomic E-state index is 6.01. The molecule has 1 heterocycles. The molecule has 1 aromatic rings. The molecule has 0 saturated heterocycles. The first kappa shape index (κ1) is 13.2. The second-order valence-electron chi connectivity index (χ2n) is 3.54. The van der Waals surface area contributed by atoms with E-state index in [9.17, 15) is 0 Å². The third-order valence-corrected chi connectivity index (χ3v) is 2.42. The van der Waals surface area contributed by atoms with Gasteiger partial charge in [-0.1, -0.05) is 36.5 Å². The number of aliphatic imine (C=N–C) groups is 1. The number of rotatable bonds is 4. The van der Waals surface area contributed by atoms with Crippen molar-refractivity contribution in [2.75, 3.05) is 14.1 Å². The molecule has 0 atom stereocenters. The molecule has 4 nitrogen and oxygen atoms in total. The Bertz CT molecular complexity index is 367. The standard InChI is InChI=1S/C10H14Cl2N4/c1-4-5-7-8(11)14-10(15-9(7)12)13-6-16(2)3/h6H,4-5H2,1-3H3. The lowest BCUT2D eigenvalue weighted by molar-refractivity contribution is 0.642. The molecule has 0 aliphatic carbocycles. The molecule has 1 rings (SSSR count). The Morgan fingerprint density at radius 2 is 1.81 bits per heavy atom. The van der Waals surface area contributed by atoms with Gasteiger partial charge in [0, 0.05) is 19.7 Å². The lowest BCUT2D eigenvalue weighted by Gasteiger charge is -2.05. The molecule has 0 amide bonds. The topological polar surface area (TPSA) is 41.4 Å². The van der Waals surface area contributed by atoms with Crippen LogP contribution in [0.4, 0.5) is 5.95 Å². The van der Waals surface area contributed by atoms with Crippen LogP contribution in [0.1, 0.15) is 18.9 Å². The average molecular weight is 261 g/mol.